The number of benzene rings is 1. The first-order valence-corrected chi connectivity index (χ1v) is 4.80. The third-order valence-electron chi connectivity index (χ3n) is 1.92. The molecule has 0 aromatic heterocycles. The summed E-state index contributed by atoms with van der Waals surface area (Å²) in [5.74, 6) is -0.363. The molecule has 1 rings (SSSR count). The zero-order chi connectivity index (χ0) is 11.8. The fraction of sp³-hybridized carbons (Fsp3) is 0.167. The highest BCUT2D eigenvalue weighted by Crippen LogP contribution is 2.01. The Kier molecular flexibility index (Phi) is 4.95. The summed E-state index contributed by atoms with van der Waals surface area (Å²) in [5, 5.41) is 0.979. The van der Waals surface area contributed by atoms with Crippen LogP contribution in [0.15, 0.2) is 36.4 Å². The van der Waals surface area contributed by atoms with Gasteiger partial charge in [0.05, 0.1) is 7.11 Å². The van der Waals surface area contributed by atoms with Crippen LogP contribution in [-0.4, -0.2) is 30.9 Å². The van der Waals surface area contributed by atoms with E-state index in [1.807, 2.05) is 30.3 Å². The van der Waals surface area contributed by atoms with Crippen molar-refractivity contribution in [3.63, 3.8) is 0 Å². The smallest absolute Gasteiger partial charge is 0.270 e. The molecule has 16 heavy (non-hydrogen) atoms. The lowest BCUT2D eigenvalue weighted by Gasteiger charge is -2.13. The third-order valence-corrected chi connectivity index (χ3v) is 1.92. The fourth-order valence-electron chi connectivity index (χ4n) is 1.14. The summed E-state index contributed by atoms with van der Waals surface area (Å²) in [5.41, 5.74) is 0.915. The minimum absolute atomic E-state index is 0.0749. The highest BCUT2D eigenvalue weighted by molar-refractivity contribution is 5.91. The van der Waals surface area contributed by atoms with Crippen molar-refractivity contribution in [2.24, 2.45) is 0 Å². The lowest BCUT2D eigenvalue weighted by Crippen LogP contribution is -2.29. The predicted molar refractivity (Wildman–Crippen MR) is 60.3 cm³/mol. The Balaban J connectivity index is 2.63. The van der Waals surface area contributed by atoms with Crippen LogP contribution >= 0.6 is 0 Å². The maximum atomic E-state index is 11.5. The molecule has 4 heteroatoms. The molecule has 4 nitrogen and oxygen atoms in total. The van der Waals surface area contributed by atoms with Crippen LogP contribution in [0.2, 0.25) is 0 Å². The molecule has 0 aliphatic carbocycles. The Morgan fingerprint density at radius 2 is 2.06 bits per heavy atom. The molecule has 1 aromatic carbocycles. The zero-order valence-electron chi connectivity index (χ0n) is 9.00. The Morgan fingerprint density at radius 1 is 1.38 bits per heavy atom. The number of hydrogen-bond donors (Lipinski definition) is 0. The van der Waals surface area contributed by atoms with Crippen LogP contribution in [0, 0.1) is 0 Å². The number of carbonyl (C=O) groups excluding carboxylic acids is 2. The van der Waals surface area contributed by atoms with Crippen LogP contribution < -0.4 is 0 Å². The van der Waals surface area contributed by atoms with Gasteiger partial charge < -0.3 is 4.79 Å². The van der Waals surface area contributed by atoms with E-state index in [-0.39, 0.29) is 12.5 Å². The van der Waals surface area contributed by atoms with Gasteiger partial charge in [-0.1, -0.05) is 30.3 Å². The van der Waals surface area contributed by atoms with Crippen LogP contribution in [0.1, 0.15) is 5.56 Å². The number of carbonyl (C=O) groups is 2. The highest BCUT2D eigenvalue weighted by atomic mass is 16.7. The van der Waals surface area contributed by atoms with E-state index in [0.717, 1.165) is 10.6 Å². The fourth-order valence-corrected chi connectivity index (χ4v) is 1.14. The van der Waals surface area contributed by atoms with Crippen molar-refractivity contribution in [3.05, 3.63) is 42.0 Å². The molecule has 0 fully saturated rings. The van der Waals surface area contributed by atoms with Crippen LogP contribution in [0.3, 0.4) is 0 Å². The van der Waals surface area contributed by atoms with Gasteiger partial charge in [0.2, 0.25) is 0 Å². The lowest BCUT2D eigenvalue weighted by molar-refractivity contribution is -0.170. The second-order valence-corrected chi connectivity index (χ2v) is 2.99. The first kappa shape index (κ1) is 12.1. The van der Waals surface area contributed by atoms with E-state index in [1.165, 1.54) is 13.2 Å². The normalized spacial score (nSPS) is 10.3. The predicted octanol–water partition coefficient (Wildman–Crippen LogP) is 1.29. The SMILES string of the molecule is CON(CC=O)C(=O)/C=C/c1ccccc1. The van der Waals surface area contributed by atoms with Gasteiger partial charge in [-0.15, -0.1) is 0 Å². The molecule has 0 bridgehead atoms. The summed E-state index contributed by atoms with van der Waals surface area (Å²) in [6, 6.07) is 9.40. The zero-order valence-corrected chi connectivity index (χ0v) is 9.00. The van der Waals surface area contributed by atoms with Crippen LogP contribution in [0.25, 0.3) is 6.08 Å². The summed E-state index contributed by atoms with van der Waals surface area (Å²) >= 11 is 0. The van der Waals surface area contributed by atoms with E-state index in [2.05, 4.69) is 0 Å². The molecule has 1 aromatic rings. The Hall–Kier alpha value is -1.94. The van der Waals surface area contributed by atoms with Gasteiger partial charge in [-0.05, 0) is 11.6 Å². The van der Waals surface area contributed by atoms with E-state index in [4.69, 9.17) is 4.84 Å². The molecule has 0 atom stereocenters. The molecule has 1 amide bonds. The summed E-state index contributed by atoms with van der Waals surface area (Å²) in [6.07, 6.45) is 3.64. The molecule has 0 aliphatic rings. The van der Waals surface area contributed by atoms with Gasteiger partial charge in [0.15, 0.2) is 0 Å². The highest BCUT2D eigenvalue weighted by Gasteiger charge is 2.07. The quantitative estimate of drug-likeness (QED) is 0.426. The molecule has 0 saturated carbocycles. The van der Waals surface area contributed by atoms with E-state index >= 15 is 0 Å². The van der Waals surface area contributed by atoms with Gasteiger partial charge in [-0.2, -0.15) is 0 Å². The molecule has 84 valence electrons. The molecular weight excluding hydrogens is 206 g/mol. The van der Waals surface area contributed by atoms with Gasteiger partial charge in [0.25, 0.3) is 5.91 Å². The van der Waals surface area contributed by atoms with Gasteiger partial charge in [-0.25, -0.2) is 5.06 Å². The molecule has 0 radical (unpaired) electrons. The van der Waals surface area contributed by atoms with E-state index in [0.29, 0.717) is 6.29 Å². The summed E-state index contributed by atoms with van der Waals surface area (Å²) in [6.45, 7) is -0.0749. The second-order valence-electron chi connectivity index (χ2n) is 2.99. The molecule has 0 saturated heterocycles. The number of aldehydes is 1. The van der Waals surface area contributed by atoms with Crippen LogP contribution in [-0.2, 0) is 14.4 Å². The Labute approximate surface area is 94.1 Å². The van der Waals surface area contributed by atoms with Gasteiger partial charge in [0, 0.05) is 6.08 Å². The minimum atomic E-state index is -0.363. The van der Waals surface area contributed by atoms with Crippen molar-refractivity contribution >= 4 is 18.3 Å². The van der Waals surface area contributed by atoms with Crippen molar-refractivity contribution in [2.75, 3.05) is 13.7 Å². The van der Waals surface area contributed by atoms with E-state index in [9.17, 15) is 9.59 Å². The van der Waals surface area contributed by atoms with Crippen molar-refractivity contribution in [3.8, 4) is 0 Å². The first-order valence-electron chi connectivity index (χ1n) is 4.80. The molecule has 0 aliphatic heterocycles. The molecular formula is C12H13NO3. The van der Waals surface area contributed by atoms with E-state index < -0.39 is 0 Å². The standard InChI is InChI=1S/C12H13NO3/c1-16-13(9-10-14)12(15)8-7-11-5-3-2-4-6-11/h2-8,10H,9H2,1H3/b8-7+. The lowest BCUT2D eigenvalue weighted by atomic mass is 10.2. The molecule has 0 unspecified atom stereocenters. The van der Waals surface area contributed by atoms with Crippen molar-refractivity contribution in [1.29, 1.82) is 0 Å². The minimum Gasteiger partial charge on any atom is -0.301 e. The molecule has 0 heterocycles. The number of amides is 1. The number of hydroxylamine groups is 2. The Bertz CT molecular complexity index is 373. The Morgan fingerprint density at radius 3 is 2.62 bits per heavy atom. The average molecular weight is 219 g/mol. The topological polar surface area (TPSA) is 46.6 Å². The van der Waals surface area contributed by atoms with Crippen molar-refractivity contribution < 1.29 is 14.4 Å². The van der Waals surface area contributed by atoms with Crippen LogP contribution in [0.5, 0.6) is 0 Å². The van der Waals surface area contributed by atoms with Crippen molar-refractivity contribution in [1.82, 2.24) is 5.06 Å². The summed E-state index contributed by atoms with van der Waals surface area (Å²) < 4.78 is 0. The monoisotopic (exact) mass is 219 g/mol. The number of hydrogen-bond acceptors (Lipinski definition) is 3. The van der Waals surface area contributed by atoms with E-state index in [1.54, 1.807) is 6.08 Å². The largest absolute Gasteiger partial charge is 0.301 e. The van der Waals surface area contributed by atoms with Gasteiger partial charge in [0.1, 0.15) is 12.8 Å². The number of rotatable bonds is 5. The molecule has 0 N–H and O–H groups in total. The average Bonchev–Trinajstić information content (AvgIpc) is 2.34. The van der Waals surface area contributed by atoms with Crippen LogP contribution in [0.4, 0.5) is 0 Å². The second kappa shape index (κ2) is 6.53. The summed E-state index contributed by atoms with van der Waals surface area (Å²) in [7, 11) is 1.34. The van der Waals surface area contributed by atoms with Gasteiger partial charge >= 0.3 is 0 Å². The third kappa shape index (κ3) is 3.67. The maximum absolute atomic E-state index is 11.5. The first-order chi connectivity index (χ1) is 7.77. The summed E-state index contributed by atoms with van der Waals surface area (Å²) in [4.78, 5) is 26.5. The number of nitrogens with zero attached hydrogens (tertiary/aromatic N) is 1. The maximum Gasteiger partial charge on any atom is 0.270 e. The molecule has 0 spiro atoms. The van der Waals surface area contributed by atoms with Gasteiger partial charge in [-0.3, -0.25) is 9.63 Å². The van der Waals surface area contributed by atoms with Crippen molar-refractivity contribution in [2.45, 2.75) is 0 Å².